The molecule has 0 atom stereocenters. The maximum absolute atomic E-state index is 11.0. The molecule has 3 rings (SSSR count). The van der Waals surface area contributed by atoms with Crippen molar-refractivity contribution >= 4 is 22.4 Å². The van der Waals surface area contributed by atoms with Crippen molar-refractivity contribution < 1.29 is 14.7 Å². The zero-order valence-corrected chi connectivity index (χ0v) is 11.4. The lowest BCUT2D eigenvalue weighted by atomic mass is 9.82. The van der Waals surface area contributed by atoms with E-state index in [0.717, 1.165) is 32.1 Å². The molecule has 8 heteroatoms. The summed E-state index contributed by atoms with van der Waals surface area (Å²) in [6, 6.07) is 2.97. The fourth-order valence-electron chi connectivity index (χ4n) is 2.94. The second kappa shape index (κ2) is 5.28. The molecule has 1 saturated carbocycles. The lowest BCUT2D eigenvalue weighted by Gasteiger charge is -2.37. The predicted octanol–water partition coefficient (Wildman–Crippen LogP) is 2.24. The highest BCUT2D eigenvalue weighted by molar-refractivity contribution is 5.93. The number of aliphatic hydroxyl groups is 1. The molecule has 1 aliphatic rings. The Hall–Kier alpha value is -2.22. The predicted molar refractivity (Wildman–Crippen MR) is 75.0 cm³/mol. The van der Waals surface area contributed by atoms with Crippen molar-refractivity contribution in [2.45, 2.75) is 37.6 Å². The summed E-state index contributed by atoms with van der Waals surface area (Å²) in [4.78, 5) is 10.5. The van der Waals surface area contributed by atoms with E-state index in [9.17, 15) is 15.2 Å². The molecule has 0 aliphatic heterocycles. The number of hydrogen-bond acceptors (Lipinski definition) is 7. The molecule has 1 fully saturated rings. The van der Waals surface area contributed by atoms with Gasteiger partial charge in [0.25, 0.3) is 0 Å². The molecular weight excluding hydrogens is 276 g/mol. The molecule has 1 aromatic heterocycles. The summed E-state index contributed by atoms with van der Waals surface area (Å²) in [6.07, 6.45) is 4.95. The van der Waals surface area contributed by atoms with Gasteiger partial charge in [0.2, 0.25) is 5.52 Å². The Bertz CT molecular complexity index is 663. The van der Waals surface area contributed by atoms with E-state index >= 15 is 0 Å². The van der Waals surface area contributed by atoms with Crippen molar-refractivity contribution in [2.75, 3.05) is 11.9 Å². The molecule has 1 aliphatic carbocycles. The van der Waals surface area contributed by atoms with Gasteiger partial charge in [-0.15, -0.1) is 0 Å². The van der Waals surface area contributed by atoms with Gasteiger partial charge in [-0.25, -0.2) is 4.63 Å². The van der Waals surface area contributed by atoms with Gasteiger partial charge in [-0.1, -0.05) is 19.3 Å². The van der Waals surface area contributed by atoms with Crippen LogP contribution >= 0.6 is 0 Å². The molecule has 112 valence electrons. The number of benzene rings is 1. The van der Waals surface area contributed by atoms with Crippen molar-refractivity contribution in [1.29, 1.82) is 0 Å². The highest BCUT2D eigenvalue weighted by Gasteiger charge is 2.32. The Balaban J connectivity index is 1.99. The van der Waals surface area contributed by atoms with Crippen LogP contribution in [0, 0.1) is 10.1 Å². The lowest BCUT2D eigenvalue weighted by Crippen LogP contribution is -2.43. The van der Waals surface area contributed by atoms with E-state index < -0.39 is 10.5 Å². The highest BCUT2D eigenvalue weighted by Crippen LogP contribution is 2.35. The first-order valence-electron chi connectivity index (χ1n) is 6.94. The normalized spacial score (nSPS) is 17.8. The maximum Gasteiger partial charge on any atom is 0.300 e. The van der Waals surface area contributed by atoms with Crippen LogP contribution in [0.3, 0.4) is 0 Å². The number of fused-ring (bicyclic) bond motifs is 1. The van der Waals surface area contributed by atoms with Crippen molar-refractivity contribution in [3.05, 3.63) is 22.2 Å². The molecule has 0 radical (unpaired) electrons. The second-order valence-corrected chi connectivity index (χ2v) is 5.47. The van der Waals surface area contributed by atoms with E-state index in [1.807, 2.05) is 0 Å². The zero-order chi connectivity index (χ0) is 14.9. The minimum absolute atomic E-state index is 0.0107. The minimum Gasteiger partial charge on any atom is -0.394 e. The summed E-state index contributed by atoms with van der Waals surface area (Å²) in [7, 11) is 0. The third-order valence-electron chi connectivity index (χ3n) is 4.10. The van der Waals surface area contributed by atoms with E-state index in [1.165, 1.54) is 6.07 Å². The number of aromatic nitrogens is 2. The summed E-state index contributed by atoms with van der Waals surface area (Å²) in [5.74, 6) is 0. The van der Waals surface area contributed by atoms with E-state index in [4.69, 9.17) is 0 Å². The third kappa shape index (κ3) is 2.42. The zero-order valence-electron chi connectivity index (χ0n) is 11.4. The topological polar surface area (TPSA) is 114 Å². The van der Waals surface area contributed by atoms with Crippen LogP contribution in [-0.4, -0.2) is 32.5 Å². The van der Waals surface area contributed by atoms with Crippen molar-refractivity contribution in [3.8, 4) is 0 Å². The smallest absolute Gasteiger partial charge is 0.300 e. The Morgan fingerprint density at radius 1 is 1.29 bits per heavy atom. The number of nitrogens with one attached hydrogen (secondary N) is 1. The summed E-state index contributed by atoms with van der Waals surface area (Å²) in [5, 5.41) is 31.4. The molecule has 21 heavy (non-hydrogen) atoms. The number of non-ortho nitro benzene ring substituents is 1. The molecule has 0 spiro atoms. The maximum atomic E-state index is 11.0. The van der Waals surface area contributed by atoms with E-state index in [1.54, 1.807) is 6.07 Å². The summed E-state index contributed by atoms with van der Waals surface area (Å²) in [5.41, 5.74) is 0.503. The van der Waals surface area contributed by atoms with Crippen LogP contribution in [0.1, 0.15) is 32.1 Å². The molecule has 0 bridgehead atoms. The van der Waals surface area contributed by atoms with Crippen LogP contribution in [0.15, 0.2) is 16.8 Å². The van der Waals surface area contributed by atoms with Gasteiger partial charge in [0, 0.05) is 6.07 Å². The van der Waals surface area contributed by atoms with Crippen LogP contribution in [0.4, 0.5) is 11.4 Å². The Kier molecular flexibility index (Phi) is 3.46. The van der Waals surface area contributed by atoms with Crippen molar-refractivity contribution in [1.82, 2.24) is 10.3 Å². The van der Waals surface area contributed by atoms with Gasteiger partial charge in [-0.05, 0) is 29.2 Å². The van der Waals surface area contributed by atoms with E-state index in [0.29, 0.717) is 11.2 Å². The largest absolute Gasteiger partial charge is 0.394 e. The van der Waals surface area contributed by atoms with E-state index in [-0.39, 0.29) is 17.8 Å². The fourth-order valence-corrected chi connectivity index (χ4v) is 2.94. The quantitative estimate of drug-likeness (QED) is 0.656. The Labute approximate surface area is 120 Å². The minimum atomic E-state index is -0.515. The molecular formula is C13H16N4O4. The molecule has 0 saturated heterocycles. The van der Waals surface area contributed by atoms with Crippen LogP contribution in [0.25, 0.3) is 11.0 Å². The molecule has 2 aromatic rings. The lowest BCUT2D eigenvalue weighted by molar-refractivity contribution is -0.383. The summed E-state index contributed by atoms with van der Waals surface area (Å²) < 4.78 is 4.65. The van der Waals surface area contributed by atoms with Gasteiger partial charge >= 0.3 is 5.69 Å². The van der Waals surface area contributed by atoms with Crippen molar-refractivity contribution in [3.63, 3.8) is 0 Å². The number of nitro benzene ring substituents is 1. The summed E-state index contributed by atoms with van der Waals surface area (Å²) in [6.45, 7) is 0.0107. The number of rotatable bonds is 4. The average Bonchev–Trinajstić information content (AvgIpc) is 2.98. The monoisotopic (exact) mass is 292 g/mol. The number of nitrogens with zero attached hydrogens (tertiary/aromatic N) is 3. The molecule has 0 amide bonds. The van der Waals surface area contributed by atoms with Crippen LogP contribution < -0.4 is 5.32 Å². The molecule has 1 aromatic carbocycles. The van der Waals surface area contributed by atoms with Gasteiger partial charge < -0.3 is 10.4 Å². The molecule has 8 nitrogen and oxygen atoms in total. The van der Waals surface area contributed by atoms with Gasteiger partial charge in [-0.3, -0.25) is 10.1 Å². The average molecular weight is 292 g/mol. The van der Waals surface area contributed by atoms with Gasteiger partial charge in [0.05, 0.1) is 22.8 Å². The second-order valence-electron chi connectivity index (χ2n) is 5.47. The first-order chi connectivity index (χ1) is 10.2. The summed E-state index contributed by atoms with van der Waals surface area (Å²) >= 11 is 0. The van der Waals surface area contributed by atoms with Crippen LogP contribution in [-0.2, 0) is 0 Å². The first kappa shape index (κ1) is 13.7. The van der Waals surface area contributed by atoms with E-state index in [2.05, 4.69) is 20.3 Å². The first-order valence-corrected chi connectivity index (χ1v) is 6.94. The third-order valence-corrected chi connectivity index (χ3v) is 4.10. The Morgan fingerprint density at radius 3 is 2.67 bits per heavy atom. The van der Waals surface area contributed by atoms with Gasteiger partial charge in [0.1, 0.15) is 0 Å². The molecule has 1 heterocycles. The van der Waals surface area contributed by atoms with Crippen LogP contribution in [0.5, 0.6) is 0 Å². The Morgan fingerprint density at radius 2 is 2.00 bits per heavy atom. The standard InChI is InChI=1S/C13H16N4O4/c18-8-13(6-2-1-3-7-13)14-9-4-5-10(17(19)20)12-11(9)15-21-16-12/h4-5,14,18H,1-3,6-8H2. The highest BCUT2D eigenvalue weighted by atomic mass is 16.6. The van der Waals surface area contributed by atoms with Gasteiger partial charge in [0.15, 0.2) is 5.52 Å². The molecule has 0 unspecified atom stereocenters. The number of hydrogen-bond donors (Lipinski definition) is 2. The van der Waals surface area contributed by atoms with Crippen LogP contribution in [0.2, 0.25) is 0 Å². The number of aliphatic hydroxyl groups excluding tert-OH is 1. The number of nitro groups is 1. The SMILES string of the molecule is O=[N+]([O-])c1ccc(NC2(CO)CCCCC2)c2nonc12. The van der Waals surface area contributed by atoms with Crippen molar-refractivity contribution in [2.24, 2.45) is 0 Å². The van der Waals surface area contributed by atoms with Gasteiger partial charge in [-0.2, -0.15) is 0 Å². The molecule has 2 N–H and O–H groups in total. The fraction of sp³-hybridized carbons (Fsp3) is 0.538. The number of anilines is 1.